The maximum atomic E-state index is 10.7. The predicted octanol–water partition coefficient (Wildman–Crippen LogP) is 3.93. The maximum absolute atomic E-state index is 10.7. The summed E-state index contributed by atoms with van der Waals surface area (Å²) >= 11 is 11.6. The molecule has 8 heteroatoms. The molecule has 0 heterocycles. The Balaban J connectivity index is 2.23. The smallest absolute Gasteiger partial charge is 0.270 e. The lowest BCUT2D eigenvalue weighted by molar-refractivity contribution is -0.384. The first kappa shape index (κ1) is 16.1. The van der Waals surface area contributed by atoms with Crippen molar-refractivity contribution in [1.29, 1.82) is 0 Å². The van der Waals surface area contributed by atoms with E-state index < -0.39 is 4.92 Å². The molecule has 0 aliphatic heterocycles. The molecule has 0 bridgehead atoms. The van der Waals surface area contributed by atoms with Crippen LogP contribution in [0.1, 0.15) is 11.1 Å². The van der Waals surface area contributed by atoms with Gasteiger partial charge in [-0.15, -0.1) is 0 Å². The van der Waals surface area contributed by atoms with Crippen LogP contribution in [0.2, 0.25) is 10.0 Å². The van der Waals surface area contributed by atoms with Crippen LogP contribution in [0.3, 0.4) is 0 Å². The molecule has 0 saturated carbocycles. The fourth-order valence-corrected chi connectivity index (χ4v) is 2.25. The lowest BCUT2D eigenvalue weighted by Gasteiger charge is -2.03. The molecule has 0 radical (unpaired) electrons. The highest BCUT2D eigenvalue weighted by Gasteiger charge is 2.10. The van der Waals surface area contributed by atoms with Gasteiger partial charge in [-0.2, -0.15) is 0 Å². The molecule has 0 fully saturated rings. The molecule has 0 unspecified atom stereocenters. The van der Waals surface area contributed by atoms with Crippen molar-refractivity contribution >= 4 is 35.1 Å². The molecule has 2 aromatic carbocycles. The summed E-state index contributed by atoms with van der Waals surface area (Å²) in [5.41, 5.74) is 0.456. The number of halogens is 2. The molecule has 2 aromatic rings. The third-order valence-corrected chi connectivity index (χ3v) is 3.33. The van der Waals surface area contributed by atoms with Gasteiger partial charge in [-0.05, 0) is 18.2 Å². The number of nitro benzene ring substituents is 1. The zero-order valence-electron chi connectivity index (χ0n) is 11.0. The van der Waals surface area contributed by atoms with Crippen molar-refractivity contribution in [2.45, 2.75) is 6.54 Å². The second-order valence-corrected chi connectivity index (χ2v) is 5.21. The van der Waals surface area contributed by atoms with Gasteiger partial charge >= 0.3 is 0 Å². The summed E-state index contributed by atoms with van der Waals surface area (Å²) in [6, 6.07) is 6.53. The third kappa shape index (κ3) is 3.66. The van der Waals surface area contributed by atoms with E-state index in [0.717, 1.165) is 0 Å². The largest absolute Gasteiger partial charge is 0.508 e. The van der Waals surface area contributed by atoms with E-state index in [1.54, 1.807) is 0 Å². The number of nitro groups is 1. The first-order valence-electron chi connectivity index (χ1n) is 6.02. The molecule has 0 aliphatic carbocycles. The van der Waals surface area contributed by atoms with Gasteiger partial charge < -0.3 is 10.2 Å². The van der Waals surface area contributed by atoms with Gasteiger partial charge in [0.2, 0.25) is 0 Å². The van der Waals surface area contributed by atoms with Gasteiger partial charge in [0.05, 0.1) is 16.5 Å². The summed E-state index contributed by atoms with van der Waals surface area (Å²) in [6.07, 6.45) is 1.32. The van der Waals surface area contributed by atoms with E-state index in [2.05, 4.69) is 4.99 Å². The van der Waals surface area contributed by atoms with Crippen molar-refractivity contribution in [2.75, 3.05) is 0 Å². The van der Waals surface area contributed by atoms with Gasteiger partial charge in [-0.3, -0.25) is 15.1 Å². The van der Waals surface area contributed by atoms with Crippen molar-refractivity contribution < 1.29 is 15.1 Å². The zero-order valence-corrected chi connectivity index (χ0v) is 12.5. The SMILES string of the molecule is O=[N+]([O-])c1ccc(O)c(CN=Cc2cc(Cl)cc(Cl)c2O)c1. The number of rotatable bonds is 4. The summed E-state index contributed by atoms with van der Waals surface area (Å²) in [6.45, 7) is -0.00289. The summed E-state index contributed by atoms with van der Waals surface area (Å²) in [4.78, 5) is 14.2. The summed E-state index contributed by atoms with van der Waals surface area (Å²) in [7, 11) is 0. The van der Waals surface area contributed by atoms with Crippen molar-refractivity contribution in [2.24, 2.45) is 4.99 Å². The Labute approximate surface area is 135 Å². The average Bonchev–Trinajstić information content (AvgIpc) is 2.45. The average molecular weight is 341 g/mol. The second-order valence-electron chi connectivity index (χ2n) is 4.37. The van der Waals surface area contributed by atoms with Gasteiger partial charge in [-0.1, -0.05) is 23.2 Å². The Hall–Kier alpha value is -2.31. The Morgan fingerprint density at radius 3 is 2.64 bits per heavy atom. The number of hydrogen-bond donors (Lipinski definition) is 2. The number of aromatic hydroxyl groups is 2. The van der Waals surface area contributed by atoms with Gasteiger partial charge in [0.15, 0.2) is 0 Å². The first-order valence-corrected chi connectivity index (χ1v) is 6.78. The minimum absolute atomic E-state index is 0.00289. The molecule has 0 saturated heterocycles. The number of phenols is 2. The lowest BCUT2D eigenvalue weighted by Crippen LogP contribution is -1.91. The first-order chi connectivity index (χ1) is 10.4. The molecule has 0 atom stereocenters. The molecule has 22 heavy (non-hydrogen) atoms. The minimum Gasteiger partial charge on any atom is -0.508 e. The maximum Gasteiger partial charge on any atom is 0.270 e. The van der Waals surface area contributed by atoms with E-state index in [1.165, 1.54) is 36.5 Å². The van der Waals surface area contributed by atoms with E-state index in [0.29, 0.717) is 10.6 Å². The normalized spacial score (nSPS) is 11.0. The van der Waals surface area contributed by atoms with Crippen LogP contribution in [-0.2, 0) is 6.54 Å². The van der Waals surface area contributed by atoms with Crippen LogP contribution in [-0.4, -0.2) is 21.4 Å². The number of benzene rings is 2. The van der Waals surface area contributed by atoms with E-state index >= 15 is 0 Å². The fourth-order valence-electron chi connectivity index (χ4n) is 1.74. The van der Waals surface area contributed by atoms with Crippen LogP contribution in [0.5, 0.6) is 11.5 Å². The molecular weight excluding hydrogens is 331 g/mol. The predicted molar refractivity (Wildman–Crippen MR) is 84.2 cm³/mol. The highest BCUT2D eigenvalue weighted by molar-refractivity contribution is 6.36. The van der Waals surface area contributed by atoms with E-state index in [-0.39, 0.29) is 34.3 Å². The molecule has 2 rings (SSSR count). The fraction of sp³-hybridized carbons (Fsp3) is 0.0714. The number of aliphatic imine (C=N–C) groups is 1. The molecule has 0 aliphatic rings. The standard InChI is InChI=1S/C14H10Cl2N2O4/c15-10-3-9(14(20)12(16)5-10)7-17-6-8-4-11(18(21)22)1-2-13(8)19/h1-5,7,19-20H,6H2. The van der Waals surface area contributed by atoms with E-state index in [9.17, 15) is 20.3 Å². The van der Waals surface area contributed by atoms with E-state index in [4.69, 9.17) is 23.2 Å². The molecule has 114 valence electrons. The Kier molecular flexibility index (Phi) is 4.85. The van der Waals surface area contributed by atoms with Gasteiger partial charge in [0.25, 0.3) is 5.69 Å². The van der Waals surface area contributed by atoms with Gasteiger partial charge in [-0.25, -0.2) is 0 Å². The van der Waals surface area contributed by atoms with Crippen molar-refractivity contribution in [3.05, 3.63) is 61.6 Å². The number of nitrogens with zero attached hydrogens (tertiary/aromatic N) is 2. The van der Waals surface area contributed by atoms with Crippen LogP contribution in [0.4, 0.5) is 5.69 Å². The quantitative estimate of drug-likeness (QED) is 0.500. The monoisotopic (exact) mass is 340 g/mol. The summed E-state index contributed by atoms with van der Waals surface area (Å²) in [5, 5.41) is 30.6. The summed E-state index contributed by atoms with van der Waals surface area (Å²) < 4.78 is 0. The van der Waals surface area contributed by atoms with Crippen LogP contribution in [0.25, 0.3) is 0 Å². The molecule has 0 aromatic heterocycles. The minimum atomic E-state index is -0.560. The van der Waals surface area contributed by atoms with E-state index in [1.807, 2.05) is 0 Å². The highest BCUT2D eigenvalue weighted by atomic mass is 35.5. The van der Waals surface area contributed by atoms with Crippen molar-refractivity contribution in [3.8, 4) is 11.5 Å². The van der Waals surface area contributed by atoms with Crippen molar-refractivity contribution in [1.82, 2.24) is 0 Å². The second kappa shape index (κ2) is 6.64. The van der Waals surface area contributed by atoms with Gasteiger partial charge in [0.1, 0.15) is 11.5 Å². The molecule has 0 spiro atoms. The number of phenolic OH excluding ortho intramolecular Hbond substituents is 2. The number of hydrogen-bond acceptors (Lipinski definition) is 5. The highest BCUT2D eigenvalue weighted by Crippen LogP contribution is 2.30. The van der Waals surface area contributed by atoms with Crippen LogP contribution in [0.15, 0.2) is 35.3 Å². The zero-order chi connectivity index (χ0) is 16.3. The van der Waals surface area contributed by atoms with Crippen LogP contribution < -0.4 is 0 Å². The molecule has 6 nitrogen and oxygen atoms in total. The Morgan fingerprint density at radius 1 is 1.23 bits per heavy atom. The third-order valence-electron chi connectivity index (χ3n) is 2.82. The topological polar surface area (TPSA) is 96.0 Å². The summed E-state index contributed by atoms with van der Waals surface area (Å²) in [5.74, 6) is -0.269. The molecule has 0 amide bonds. The van der Waals surface area contributed by atoms with Crippen molar-refractivity contribution in [3.63, 3.8) is 0 Å². The lowest BCUT2D eigenvalue weighted by atomic mass is 10.1. The Bertz CT molecular complexity index is 763. The van der Waals surface area contributed by atoms with Crippen LogP contribution in [0, 0.1) is 10.1 Å². The molecule has 2 N–H and O–H groups in total. The van der Waals surface area contributed by atoms with Gasteiger partial charge in [0, 0.05) is 34.5 Å². The van der Waals surface area contributed by atoms with Crippen LogP contribution >= 0.6 is 23.2 Å². The Morgan fingerprint density at radius 2 is 1.95 bits per heavy atom. The molecular formula is C14H10Cl2N2O4. The number of non-ortho nitro benzene ring substituents is 1.